The van der Waals surface area contributed by atoms with Gasteiger partial charge in [0.25, 0.3) is 0 Å². The Bertz CT molecular complexity index is 366. The number of nitrogens with two attached hydrogens (primary N) is 1. The highest BCUT2D eigenvalue weighted by atomic mass is 35.5. The van der Waals surface area contributed by atoms with Crippen molar-refractivity contribution in [2.45, 2.75) is 6.92 Å². The van der Waals surface area contributed by atoms with Crippen LogP contribution in [0.5, 0.6) is 5.75 Å². The highest BCUT2D eigenvalue weighted by molar-refractivity contribution is 6.34. The number of carbonyl (C=O) groups is 1. The zero-order valence-corrected chi connectivity index (χ0v) is 8.68. The second-order valence-electron chi connectivity index (χ2n) is 2.72. The molecule has 1 aromatic rings. The van der Waals surface area contributed by atoms with Crippen LogP contribution >= 0.6 is 11.6 Å². The number of nitrogens with one attached hydrogen (secondary N) is 1. The number of rotatable bonds is 2. The summed E-state index contributed by atoms with van der Waals surface area (Å²) in [6.45, 7) is 1.39. The molecular weight excluding hydrogens is 204 g/mol. The molecule has 0 radical (unpaired) electrons. The van der Waals surface area contributed by atoms with Crippen molar-refractivity contribution in [2.75, 3.05) is 18.2 Å². The van der Waals surface area contributed by atoms with Crippen LogP contribution in [0.15, 0.2) is 12.1 Å². The highest BCUT2D eigenvalue weighted by Gasteiger charge is 2.11. The van der Waals surface area contributed by atoms with Crippen LogP contribution in [0.4, 0.5) is 11.4 Å². The van der Waals surface area contributed by atoms with Crippen LogP contribution in [0, 0.1) is 0 Å². The molecule has 3 N–H and O–H groups in total. The van der Waals surface area contributed by atoms with E-state index in [4.69, 9.17) is 22.1 Å². The number of hydrogen-bond donors (Lipinski definition) is 2. The number of methoxy groups -OCH3 is 1. The Morgan fingerprint density at radius 2 is 2.21 bits per heavy atom. The lowest BCUT2D eigenvalue weighted by molar-refractivity contribution is -0.114. The first-order valence-corrected chi connectivity index (χ1v) is 4.33. The predicted molar refractivity (Wildman–Crippen MR) is 56.7 cm³/mol. The van der Waals surface area contributed by atoms with Crippen molar-refractivity contribution in [1.29, 1.82) is 0 Å². The maximum Gasteiger partial charge on any atom is 0.221 e. The smallest absolute Gasteiger partial charge is 0.221 e. The average molecular weight is 215 g/mol. The maximum atomic E-state index is 10.9. The van der Waals surface area contributed by atoms with Gasteiger partial charge in [-0.1, -0.05) is 11.6 Å². The standard InChI is InChI=1S/C9H11ClN2O2/c1-5(13)12-9-7(14-2)4-3-6(10)8(9)11/h3-4H,11H2,1-2H3,(H,12,13). The van der Waals surface area contributed by atoms with Gasteiger partial charge in [0.1, 0.15) is 11.4 Å². The number of anilines is 2. The van der Waals surface area contributed by atoms with E-state index in [9.17, 15) is 4.79 Å². The molecule has 1 amide bonds. The summed E-state index contributed by atoms with van der Waals surface area (Å²) in [6, 6.07) is 3.25. The molecule has 0 bridgehead atoms. The number of nitrogen functional groups attached to an aromatic ring is 1. The van der Waals surface area contributed by atoms with Gasteiger partial charge in [0.15, 0.2) is 0 Å². The largest absolute Gasteiger partial charge is 0.494 e. The molecule has 0 fully saturated rings. The van der Waals surface area contributed by atoms with E-state index in [0.717, 1.165) is 0 Å². The van der Waals surface area contributed by atoms with Crippen molar-refractivity contribution >= 4 is 28.9 Å². The molecule has 1 aromatic carbocycles. The normalized spacial score (nSPS) is 9.64. The third-order valence-electron chi connectivity index (χ3n) is 1.68. The van der Waals surface area contributed by atoms with Crippen molar-refractivity contribution in [2.24, 2.45) is 0 Å². The summed E-state index contributed by atoms with van der Waals surface area (Å²) >= 11 is 5.79. The topological polar surface area (TPSA) is 64.3 Å². The zero-order chi connectivity index (χ0) is 10.7. The molecule has 14 heavy (non-hydrogen) atoms. The molecule has 4 nitrogen and oxygen atoms in total. The van der Waals surface area contributed by atoms with E-state index in [1.807, 2.05) is 0 Å². The zero-order valence-electron chi connectivity index (χ0n) is 7.93. The second kappa shape index (κ2) is 4.19. The van der Waals surface area contributed by atoms with E-state index in [1.165, 1.54) is 14.0 Å². The summed E-state index contributed by atoms with van der Waals surface area (Å²) in [5.74, 6) is 0.263. The highest BCUT2D eigenvalue weighted by Crippen LogP contribution is 2.35. The fraction of sp³-hybridized carbons (Fsp3) is 0.222. The van der Waals surface area contributed by atoms with Crippen molar-refractivity contribution in [3.63, 3.8) is 0 Å². The molecule has 0 unspecified atom stereocenters. The minimum Gasteiger partial charge on any atom is -0.494 e. The molecule has 0 heterocycles. The van der Waals surface area contributed by atoms with Crippen molar-refractivity contribution in [3.05, 3.63) is 17.2 Å². The van der Waals surface area contributed by atoms with Crippen LogP contribution in [0.25, 0.3) is 0 Å². The molecule has 0 aliphatic rings. The Morgan fingerprint density at radius 1 is 1.57 bits per heavy atom. The number of hydrogen-bond acceptors (Lipinski definition) is 3. The van der Waals surface area contributed by atoms with Gasteiger partial charge in [0.05, 0.1) is 17.8 Å². The molecule has 0 saturated carbocycles. The minimum absolute atomic E-state index is 0.225. The lowest BCUT2D eigenvalue weighted by atomic mass is 10.2. The predicted octanol–water partition coefficient (Wildman–Crippen LogP) is 1.89. The lowest BCUT2D eigenvalue weighted by Crippen LogP contribution is -2.09. The van der Waals surface area contributed by atoms with Gasteiger partial charge in [0, 0.05) is 6.92 Å². The van der Waals surface area contributed by atoms with Gasteiger partial charge in [-0.05, 0) is 12.1 Å². The van der Waals surface area contributed by atoms with E-state index in [2.05, 4.69) is 5.32 Å². The SMILES string of the molecule is COc1ccc(Cl)c(N)c1NC(C)=O. The lowest BCUT2D eigenvalue weighted by Gasteiger charge is -2.12. The molecule has 0 aliphatic carbocycles. The molecule has 0 spiro atoms. The molecule has 0 saturated heterocycles. The van der Waals surface area contributed by atoms with Crippen molar-refractivity contribution in [1.82, 2.24) is 0 Å². The Labute approximate surface area is 87.0 Å². The van der Waals surface area contributed by atoms with Crippen LogP contribution in [0.3, 0.4) is 0 Å². The Kier molecular flexibility index (Phi) is 3.19. The fourth-order valence-corrected chi connectivity index (χ4v) is 1.21. The van der Waals surface area contributed by atoms with Gasteiger partial charge in [-0.3, -0.25) is 4.79 Å². The Balaban J connectivity index is 3.20. The minimum atomic E-state index is -0.225. The first kappa shape index (κ1) is 10.7. The van der Waals surface area contributed by atoms with Gasteiger partial charge in [-0.2, -0.15) is 0 Å². The fourth-order valence-electron chi connectivity index (χ4n) is 1.05. The summed E-state index contributed by atoms with van der Waals surface area (Å²) in [7, 11) is 1.49. The summed E-state index contributed by atoms with van der Waals surface area (Å²) in [5, 5.41) is 2.94. The number of carbonyl (C=O) groups excluding carboxylic acids is 1. The Morgan fingerprint density at radius 3 is 2.71 bits per heavy atom. The van der Waals surface area contributed by atoms with Crippen LogP contribution in [0.1, 0.15) is 6.92 Å². The van der Waals surface area contributed by atoms with Gasteiger partial charge in [-0.15, -0.1) is 0 Å². The van der Waals surface area contributed by atoms with Crippen LogP contribution in [0.2, 0.25) is 5.02 Å². The van der Waals surface area contributed by atoms with E-state index >= 15 is 0 Å². The molecule has 0 aromatic heterocycles. The number of ether oxygens (including phenoxy) is 1. The van der Waals surface area contributed by atoms with E-state index in [1.54, 1.807) is 12.1 Å². The summed E-state index contributed by atoms with van der Waals surface area (Å²) < 4.78 is 5.03. The average Bonchev–Trinajstić information content (AvgIpc) is 2.13. The van der Waals surface area contributed by atoms with Gasteiger partial charge in [0.2, 0.25) is 5.91 Å². The first-order chi connectivity index (χ1) is 6.56. The summed E-state index contributed by atoms with van der Waals surface area (Å²) in [5.41, 5.74) is 6.40. The van der Waals surface area contributed by atoms with Crippen molar-refractivity contribution in [3.8, 4) is 5.75 Å². The summed E-state index contributed by atoms with van der Waals surface area (Å²) in [4.78, 5) is 10.9. The van der Waals surface area contributed by atoms with E-state index < -0.39 is 0 Å². The third kappa shape index (κ3) is 2.09. The van der Waals surface area contributed by atoms with Crippen LogP contribution in [-0.4, -0.2) is 13.0 Å². The quantitative estimate of drug-likeness (QED) is 0.739. The van der Waals surface area contributed by atoms with E-state index in [0.29, 0.717) is 22.1 Å². The van der Waals surface area contributed by atoms with Crippen LogP contribution in [-0.2, 0) is 4.79 Å². The Hall–Kier alpha value is -1.42. The summed E-state index contributed by atoms with van der Waals surface area (Å²) in [6.07, 6.45) is 0. The second-order valence-corrected chi connectivity index (χ2v) is 3.13. The first-order valence-electron chi connectivity index (χ1n) is 3.95. The maximum absolute atomic E-state index is 10.9. The molecule has 76 valence electrons. The molecular formula is C9H11ClN2O2. The molecule has 5 heteroatoms. The number of halogens is 1. The van der Waals surface area contributed by atoms with Crippen molar-refractivity contribution < 1.29 is 9.53 Å². The number of benzene rings is 1. The van der Waals surface area contributed by atoms with Gasteiger partial charge >= 0.3 is 0 Å². The van der Waals surface area contributed by atoms with Gasteiger partial charge < -0.3 is 15.8 Å². The van der Waals surface area contributed by atoms with E-state index in [-0.39, 0.29) is 5.91 Å². The monoisotopic (exact) mass is 214 g/mol. The molecule has 0 atom stereocenters. The molecule has 1 rings (SSSR count). The van der Waals surface area contributed by atoms with Crippen LogP contribution < -0.4 is 15.8 Å². The number of amides is 1. The molecule has 0 aliphatic heterocycles. The third-order valence-corrected chi connectivity index (χ3v) is 2.00. The van der Waals surface area contributed by atoms with Gasteiger partial charge in [-0.25, -0.2) is 0 Å².